The van der Waals surface area contributed by atoms with Gasteiger partial charge in [0, 0.05) is 35.8 Å². The predicted molar refractivity (Wildman–Crippen MR) is 73.5 cm³/mol. The smallest absolute Gasteiger partial charge is 0.0457 e. The fraction of sp³-hybridized carbons (Fsp3) is 0.667. The van der Waals surface area contributed by atoms with Crippen LogP contribution in [-0.4, -0.2) is 35.1 Å². The van der Waals surface area contributed by atoms with Gasteiger partial charge in [-0.15, -0.1) is 0 Å². The molecular formula is C15H23N3. The number of nitrogens with two attached hydrogens (primary N) is 1. The van der Waals surface area contributed by atoms with Crippen LogP contribution in [0.5, 0.6) is 0 Å². The number of likely N-dealkylation sites (tertiary alicyclic amines) is 1. The van der Waals surface area contributed by atoms with Crippen LogP contribution >= 0.6 is 0 Å². The lowest BCUT2D eigenvalue weighted by molar-refractivity contribution is 0.120. The van der Waals surface area contributed by atoms with E-state index >= 15 is 0 Å². The summed E-state index contributed by atoms with van der Waals surface area (Å²) in [6.07, 6.45) is 5.22. The van der Waals surface area contributed by atoms with Crippen molar-refractivity contribution in [2.24, 2.45) is 5.73 Å². The maximum Gasteiger partial charge on any atom is 0.0457 e. The van der Waals surface area contributed by atoms with Crippen LogP contribution in [0, 0.1) is 0 Å². The normalized spacial score (nSPS) is 26.8. The Hall–Kier alpha value is -0.930. The second-order valence-electron chi connectivity index (χ2n) is 6.09. The lowest BCUT2D eigenvalue weighted by atomic mass is 9.71. The highest BCUT2D eigenvalue weighted by atomic mass is 15.2. The van der Waals surface area contributed by atoms with Crippen molar-refractivity contribution in [1.29, 1.82) is 0 Å². The topological polar surface area (TPSA) is 42.2 Å². The first-order chi connectivity index (χ1) is 8.63. The van der Waals surface area contributed by atoms with E-state index in [9.17, 15) is 0 Å². The molecule has 0 aromatic carbocycles. The minimum atomic E-state index is 0.203. The number of aromatic nitrogens is 1. The third kappa shape index (κ3) is 1.69. The van der Waals surface area contributed by atoms with Crippen molar-refractivity contribution in [2.45, 2.75) is 50.6 Å². The first kappa shape index (κ1) is 12.1. The molecular weight excluding hydrogens is 222 g/mol. The number of piperidine rings is 1. The van der Waals surface area contributed by atoms with Crippen LogP contribution in [0.15, 0.2) is 18.3 Å². The van der Waals surface area contributed by atoms with E-state index in [0.29, 0.717) is 6.04 Å². The van der Waals surface area contributed by atoms with Gasteiger partial charge in [-0.05, 0) is 51.4 Å². The van der Waals surface area contributed by atoms with E-state index in [1.54, 1.807) is 0 Å². The van der Waals surface area contributed by atoms with E-state index in [-0.39, 0.29) is 11.5 Å². The van der Waals surface area contributed by atoms with Crippen molar-refractivity contribution >= 4 is 0 Å². The zero-order valence-corrected chi connectivity index (χ0v) is 11.4. The Morgan fingerprint density at radius 3 is 2.78 bits per heavy atom. The Labute approximate surface area is 109 Å². The number of hydrogen-bond donors (Lipinski definition) is 1. The Balaban J connectivity index is 1.88. The Kier molecular flexibility index (Phi) is 2.91. The molecule has 2 heterocycles. The SMILES string of the molecule is CC(C)N1CCC2(CC1)c1cccnc1CC2N. The summed E-state index contributed by atoms with van der Waals surface area (Å²) in [5.74, 6) is 0. The molecule has 3 heteroatoms. The first-order valence-corrected chi connectivity index (χ1v) is 7.07. The molecule has 1 aromatic heterocycles. The molecule has 2 aliphatic rings. The highest BCUT2D eigenvalue weighted by molar-refractivity contribution is 5.38. The average Bonchev–Trinajstić information content (AvgIpc) is 2.64. The van der Waals surface area contributed by atoms with E-state index in [4.69, 9.17) is 5.73 Å². The zero-order valence-electron chi connectivity index (χ0n) is 11.4. The summed E-state index contributed by atoms with van der Waals surface area (Å²) in [5.41, 5.74) is 9.33. The summed E-state index contributed by atoms with van der Waals surface area (Å²) >= 11 is 0. The minimum absolute atomic E-state index is 0.203. The molecule has 1 fully saturated rings. The van der Waals surface area contributed by atoms with Gasteiger partial charge in [-0.25, -0.2) is 0 Å². The second kappa shape index (κ2) is 4.32. The number of nitrogens with zero attached hydrogens (tertiary/aromatic N) is 2. The standard InChI is InChI=1S/C15H23N3/c1-11(2)18-8-5-15(6-9-18)12-4-3-7-17-13(12)10-14(15)16/h3-4,7,11,14H,5-6,8-10,16H2,1-2H3. The van der Waals surface area contributed by atoms with E-state index in [1.807, 2.05) is 6.20 Å². The monoisotopic (exact) mass is 245 g/mol. The van der Waals surface area contributed by atoms with E-state index < -0.39 is 0 Å². The van der Waals surface area contributed by atoms with Gasteiger partial charge in [0.2, 0.25) is 0 Å². The number of hydrogen-bond acceptors (Lipinski definition) is 3. The van der Waals surface area contributed by atoms with Gasteiger partial charge < -0.3 is 10.6 Å². The lowest BCUT2D eigenvalue weighted by Crippen LogP contribution is -2.51. The van der Waals surface area contributed by atoms with Crippen molar-refractivity contribution in [3.8, 4) is 0 Å². The highest BCUT2D eigenvalue weighted by Gasteiger charge is 2.47. The summed E-state index contributed by atoms with van der Waals surface area (Å²) in [4.78, 5) is 7.08. The van der Waals surface area contributed by atoms with Crippen LogP contribution in [-0.2, 0) is 11.8 Å². The van der Waals surface area contributed by atoms with Gasteiger partial charge in [-0.2, -0.15) is 0 Å². The molecule has 1 aromatic rings. The molecule has 0 radical (unpaired) electrons. The molecule has 0 amide bonds. The predicted octanol–water partition coefficient (Wildman–Crippen LogP) is 1.71. The molecule has 98 valence electrons. The number of fused-ring (bicyclic) bond motifs is 2. The van der Waals surface area contributed by atoms with E-state index in [0.717, 1.165) is 6.42 Å². The summed E-state index contributed by atoms with van der Waals surface area (Å²) < 4.78 is 0. The third-order valence-electron chi connectivity index (χ3n) is 4.97. The molecule has 2 N–H and O–H groups in total. The number of pyridine rings is 1. The minimum Gasteiger partial charge on any atom is -0.327 e. The van der Waals surface area contributed by atoms with Crippen molar-refractivity contribution in [1.82, 2.24) is 9.88 Å². The Morgan fingerprint density at radius 2 is 2.11 bits per heavy atom. The van der Waals surface area contributed by atoms with Crippen molar-refractivity contribution < 1.29 is 0 Å². The van der Waals surface area contributed by atoms with Crippen molar-refractivity contribution in [3.63, 3.8) is 0 Å². The molecule has 1 aliphatic heterocycles. The van der Waals surface area contributed by atoms with E-state index in [2.05, 4.69) is 35.9 Å². The van der Waals surface area contributed by atoms with Crippen LogP contribution in [0.2, 0.25) is 0 Å². The maximum absolute atomic E-state index is 6.46. The maximum atomic E-state index is 6.46. The molecule has 1 spiro atoms. The first-order valence-electron chi connectivity index (χ1n) is 7.07. The van der Waals surface area contributed by atoms with Gasteiger partial charge in [-0.1, -0.05) is 6.07 Å². The average molecular weight is 245 g/mol. The molecule has 1 aliphatic carbocycles. The van der Waals surface area contributed by atoms with Crippen LogP contribution in [0.3, 0.4) is 0 Å². The van der Waals surface area contributed by atoms with Gasteiger partial charge in [0.1, 0.15) is 0 Å². The third-order valence-corrected chi connectivity index (χ3v) is 4.97. The summed E-state index contributed by atoms with van der Waals surface area (Å²) in [7, 11) is 0. The lowest BCUT2D eigenvalue weighted by Gasteiger charge is -2.44. The molecule has 18 heavy (non-hydrogen) atoms. The number of rotatable bonds is 1. The fourth-order valence-electron chi connectivity index (χ4n) is 3.74. The Morgan fingerprint density at radius 1 is 1.39 bits per heavy atom. The summed E-state index contributed by atoms with van der Waals surface area (Å²) in [6, 6.07) is 5.22. The van der Waals surface area contributed by atoms with Crippen molar-refractivity contribution in [2.75, 3.05) is 13.1 Å². The van der Waals surface area contributed by atoms with Crippen LogP contribution < -0.4 is 5.73 Å². The fourth-order valence-corrected chi connectivity index (χ4v) is 3.74. The van der Waals surface area contributed by atoms with Gasteiger partial charge in [0.15, 0.2) is 0 Å². The van der Waals surface area contributed by atoms with E-state index in [1.165, 1.54) is 37.2 Å². The molecule has 0 bridgehead atoms. The molecule has 1 atom stereocenters. The van der Waals surface area contributed by atoms with Gasteiger partial charge >= 0.3 is 0 Å². The van der Waals surface area contributed by atoms with Gasteiger partial charge in [0.05, 0.1) is 0 Å². The highest BCUT2D eigenvalue weighted by Crippen LogP contribution is 2.44. The van der Waals surface area contributed by atoms with Crippen LogP contribution in [0.1, 0.15) is 37.9 Å². The second-order valence-corrected chi connectivity index (χ2v) is 6.09. The summed E-state index contributed by atoms with van der Waals surface area (Å²) in [5, 5.41) is 0. The van der Waals surface area contributed by atoms with Gasteiger partial charge in [-0.3, -0.25) is 4.98 Å². The quantitative estimate of drug-likeness (QED) is 0.819. The van der Waals surface area contributed by atoms with Crippen molar-refractivity contribution in [3.05, 3.63) is 29.6 Å². The molecule has 3 nitrogen and oxygen atoms in total. The van der Waals surface area contributed by atoms with Crippen LogP contribution in [0.25, 0.3) is 0 Å². The largest absolute Gasteiger partial charge is 0.327 e. The van der Waals surface area contributed by atoms with Gasteiger partial charge in [0.25, 0.3) is 0 Å². The summed E-state index contributed by atoms with van der Waals surface area (Å²) in [6.45, 7) is 6.89. The molecule has 1 saturated heterocycles. The Bertz CT molecular complexity index is 433. The van der Waals surface area contributed by atoms with Crippen LogP contribution in [0.4, 0.5) is 0 Å². The molecule has 0 saturated carbocycles. The molecule has 3 rings (SSSR count). The molecule has 1 unspecified atom stereocenters. The zero-order chi connectivity index (χ0) is 12.8.